The lowest BCUT2D eigenvalue weighted by Crippen LogP contribution is -2.10. The molecule has 0 aliphatic heterocycles. The molecular formula is C24H17NO2. The Hall–Kier alpha value is -3.59. The predicted octanol–water partition coefficient (Wildman–Crippen LogP) is 5.37. The van der Waals surface area contributed by atoms with E-state index in [0.29, 0.717) is 6.54 Å². The Bertz CT molecular complexity index is 1210. The summed E-state index contributed by atoms with van der Waals surface area (Å²) in [5, 5.41) is 15.4. The van der Waals surface area contributed by atoms with E-state index in [-0.39, 0.29) is 11.5 Å². The highest BCUT2D eigenvalue weighted by Crippen LogP contribution is 2.41. The number of phenolic OH excluding ortho intramolecular Hbond substituents is 1. The maximum Gasteiger partial charge on any atom is 0.194 e. The first-order chi connectivity index (χ1) is 13.2. The van der Waals surface area contributed by atoms with Crippen molar-refractivity contribution in [2.45, 2.75) is 6.54 Å². The van der Waals surface area contributed by atoms with Crippen LogP contribution in [0.2, 0.25) is 0 Å². The van der Waals surface area contributed by atoms with E-state index in [2.05, 4.69) is 11.4 Å². The van der Waals surface area contributed by atoms with Gasteiger partial charge in [0.2, 0.25) is 0 Å². The minimum Gasteiger partial charge on any atom is -0.508 e. The smallest absolute Gasteiger partial charge is 0.194 e. The molecule has 0 spiro atoms. The second-order valence-electron chi connectivity index (χ2n) is 6.75. The van der Waals surface area contributed by atoms with Gasteiger partial charge in [-0.15, -0.1) is 0 Å². The molecule has 1 aliphatic carbocycles. The Morgan fingerprint density at radius 2 is 1.44 bits per heavy atom. The van der Waals surface area contributed by atoms with Crippen molar-refractivity contribution in [3.63, 3.8) is 0 Å². The van der Waals surface area contributed by atoms with Gasteiger partial charge in [-0.25, -0.2) is 0 Å². The summed E-state index contributed by atoms with van der Waals surface area (Å²) < 4.78 is 0. The fraction of sp³-hybridized carbons (Fsp3) is 0.0417. The zero-order chi connectivity index (χ0) is 18.4. The topological polar surface area (TPSA) is 49.3 Å². The van der Waals surface area contributed by atoms with Crippen LogP contribution in [0.5, 0.6) is 5.75 Å². The lowest BCUT2D eigenvalue weighted by Gasteiger charge is -2.21. The largest absolute Gasteiger partial charge is 0.508 e. The maximum atomic E-state index is 13.0. The van der Waals surface area contributed by atoms with E-state index < -0.39 is 0 Å². The molecule has 4 aromatic rings. The summed E-state index contributed by atoms with van der Waals surface area (Å²) in [6.07, 6.45) is 0. The van der Waals surface area contributed by atoms with Gasteiger partial charge in [0.25, 0.3) is 0 Å². The van der Waals surface area contributed by atoms with Crippen molar-refractivity contribution in [2.75, 3.05) is 5.32 Å². The number of carbonyl (C=O) groups is 1. The van der Waals surface area contributed by atoms with E-state index in [1.165, 1.54) is 0 Å². The molecule has 1 aliphatic rings. The van der Waals surface area contributed by atoms with Crippen LogP contribution in [0.25, 0.3) is 21.9 Å². The Morgan fingerprint density at radius 1 is 0.704 bits per heavy atom. The van der Waals surface area contributed by atoms with Crippen LogP contribution in [0, 0.1) is 0 Å². The Kier molecular flexibility index (Phi) is 3.47. The molecule has 0 atom stereocenters. The van der Waals surface area contributed by atoms with Crippen LogP contribution < -0.4 is 5.32 Å². The Labute approximate surface area is 156 Å². The van der Waals surface area contributed by atoms with Gasteiger partial charge in [-0.3, -0.25) is 4.79 Å². The van der Waals surface area contributed by atoms with Gasteiger partial charge in [0, 0.05) is 39.7 Å². The van der Waals surface area contributed by atoms with Crippen molar-refractivity contribution in [1.29, 1.82) is 0 Å². The number of hydrogen-bond acceptors (Lipinski definition) is 3. The molecule has 4 aromatic carbocycles. The van der Waals surface area contributed by atoms with Crippen molar-refractivity contribution < 1.29 is 9.90 Å². The van der Waals surface area contributed by atoms with Crippen LogP contribution in [0.15, 0.2) is 78.9 Å². The average Bonchev–Trinajstić information content (AvgIpc) is 2.71. The molecule has 0 bridgehead atoms. The number of rotatable bonds is 3. The van der Waals surface area contributed by atoms with E-state index in [9.17, 15) is 9.90 Å². The third-order valence-corrected chi connectivity index (χ3v) is 5.21. The van der Waals surface area contributed by atoms with E-state index in [4.69, 9.17) is 0 Å². The number of anilines is 1. The number of carbonyl (C=O) groups excluding carboxylic acids is 1. The van der Waals surface area contributed by atoms with Gasteiger partial charge < -0.3 is 10.4 Å². The summed E-state index contributed by atoms with van der Waals surface area (Å²) in [5.74, 6) is 0.346. The van der Waals surface area contributed by atoms with Crippen LogP contribution >= 0.6 is 0 Å². The normalized spacial score (nSPS) is 12.1. The predicted molar refractivity (Wildman–Crippen MR) is 108 cm³/mol. The van der Waals surface area contributed by atoms with E-state index in [1.54, 1.807) is 6.07 Å². The number of fused-ring (bicyclic) bond motifs is 2. The van der Waals surface area contributed by atoms with E-state index in [1.807, 2.05) is 66.7 Å². The molecule has 27 heavy (non-hydrogen) atoms. The molecule has 0 aromatic heterocycles. The van der Waals surface area contributed by atoms with Gasteiger partial charge in [0.05, 0.1) is 0 Å². The molecule has 0 saturated heterocycles. The van der Waals surface area contributed by atoms with Crippen LogP contribution in [0.3, 0.4) is 0 Å². The Balaban J connectivity index is 1.65. The van der Waals surface area contributed by atoms with Crippen LogP contribution in [0.4, 0.5) is 5.69 Å². The summed E-state index contributed by atoms with van der Waals surface area (Å²) >= 11 is 0. The monoisotopic (exact) mass is 351 g/mol. The summed E-state index contributed by atoms with van der Waals surface area (Å²) in [7, 11) is 0. The van der Waals surface area contributed by atoms with Gasteiger partial charge in [-0.05, 0) is 23.3 Å². The van der Waals surface area contributed by atoms with Crippen LogP contribution in [0.1, 0.15) is 21.5 Å². The summed E-state index contributed by atoms with van der Waals surface area (Å²) in [5.41, 5.74) is 5.35. The van der Waals surface area contributed by atoms with Crippen molar-refractivity contribution in [3.8, 4) is 16.9 Å². The number of ketones is 1. The fourth-order valence-electron chi connectivity index (χ4n) is 3.89. The number of phenols is 1. The quantitative estimate of drug-likeness (QED) is 0.459. The molecule has 0 heterocycles. The fourth-order valence-corrected chi connectivity index (χ4v) is 3.89. The molecule has 0 unspecified atom stereocenters. The lowest BCUT2D eigenvalue weighted by molar-refractivity contribution is 0.104. The number of nitrogens with one attached hydrogen (secondary N) is 1. The molecule has 0 amide bonds. The van der Waals surface area contributed by atoms with E-state index in [0.717, 1.165) is 44.3 Å². The summed E-state index contributed by atoms with van der Waals surface area (Å²) in [4.78, 5) is 13.0. The summed E-state index contributed by atoms with van der Waals surface area (Å²) in [6.45, 7) is 0.510. The molecule has 0 fully saturated rings. The number of benzene rings is 4. The standard InChI is InChI=1S/C24H17NO2/c26-22-11-4-1-6-15(22)14-25-21-13-12-17-16-7-2-3-8-18(16)24(27)20-10-5-9-19(21)23(17)20/h1-13,25-26H,14H2. The number of hydrogen-bond donors (Lipinski definition) is 2. The van der Waals surface area contributed by atoms with Crippen LogP contribution in [-0.4, -0.2) is 10.9 Å². The number of para-hydroxylation sites is 1. The van der Waals surface area contributed by atoms with Crippen molar-refractivity contribution in [1.82, 2.24) is 0 Å². The van der Waals surface area contributed by atoms with Gasteiger partial charge in [-0.2, -0.15) is 0 Å². The first-order valence-corrected chi connectivity index (χ1v) is 8.94. The third-order valence-electron chi connectivity index (χ3n) is 5.21. The first-order valence-electron chi connectivity index (χ1n) is 8.94. The van der Waals surface area contributed by atoms with Gasteiger partial charge >= 0.3 is 0 Å². The molecule has 0 radical (unpaired) electrons. The molecule has 3 nitrogen and oxygen atoms in total. The molecule has 2 N–H and O–H groups in total. The Morgan fingerprint density at radius 3 is 2.30 bits per heavy atom. The molecular weight excluding hydrogens is 334 g/mol. The molecule has 0 saturated carbocycles. The van der Waals surface area contributed by atoms with Gasteiger partial charge in [-0.1, -0.05) is 66.7 Å². The summed E-state index contributed by atoms with van der Waals surface area (Å²) in [6, 6.07) is 25.1. The third kappa shape index (κ3) is 2.40. The van der Waals surface area contributed by atoms with Crippen molar-refractivity contribution >= 4 is 22.2 Å². The second-order valence-corrected chi connectivity index (χ2v) is 6.75. The highest BCUT2D eigenvalue weighted by atomic mass is 16.3. The number of aromatic hydroxyl groups is 1. The van der Waals surface area contributed by atoms with E-state index >= 15 is 0 Å². The maximum absolute atomic E-state index is 13.0. The van der Waals surface area contributed by atoms with Gasteiger partial charge in [0.1, 0.15) is 5.75 Å². The highest BCUT2D eigenvalue weighted by molar-refractivity contribution is 6.27. The lowest BCUT2D eigenvalue weighted by atomic mass is 9.82. The zero-order valence-corrected chi connectivity index (χ0v) is 14.6. The van der Waals surface area contributed by atoms with Crippen LogP contribution in [-0.2, 0) is 6.54 Å². The van der Waals surface area contributed by atoms with Gasteiger partial charge in [0.15, 0.2) is 5.78 Å². The SMILES string of the molecule is O=C1c2ccccc2-c2ccc(NCc3ccccc3O)c3cccc1c23. The zero-order valence-electron chi connectivity index (χ0n) is 14.6. The highest BCUT2D eigenvalue weighted by Gasteiger charge is 2.25. The molecule has 3 heteroatoms. The minimum atomic E-state index is 0.0709. The molecule has 5 rings (SSSR count). The minimum absolute atomic E-state index is 0.0709. The van der Waals surface area contributed by atoms with Crippen molar-refractivity contribution in [3.05, 3.63) is 95.6 Å². The average molecular weight is 351 g/mol. The van der Waals surface area contributed by atoms with Crippen molar-refractivity contribution in [2.24, 2.45) is 0 Å². The molecule has 130 valence electrons. The second kappa shape index (κ2) is 5.99. The first kappa shape index (κ1) is 15.6.